The van der Waals surface area contributed by atoms with E-state index in [4.69, 9.17) is 0 Å². The molecule has 0 heterocycles. The molecule has 0 bridgehead atoms. The number of phenols is 1. The molecule has 0 spiro atoms. The molecule has 156 valence electrons. The molecule has 0 aliphatic heterocycles. The lowest BCUT2D eigenvalue weighted by atomic mass is 9.96. The highest BCUT2D eigenvalue weighted by Crippen LogP contribution is 2.34. The van der Waals surface area contributed by atoms with E-state index in [0.29, 0.717) is 12.1 Å². The van der Waals surface area contributed by atoms with E-state index < -0.39 is 46.2 Å². The van der Waals surface area contributed by atoms with Gasteiger partial charge in [-0.1, -0.05) is 30.3 Å². The lowest BCUT2D eigenvalue weighted by molar-refractivity contribution is 0.461. The first kappa shape index (κ1) is 20.5. The lowest BCUT2D eigenvalue weighted by Crippen LogP contribution is -1.94. The van der Waals surface area contributed by atoms with Gasteiger partial charge in [0.05, 0.1) is 5.56 Å². The molecule has 0 amide bonds. The Balaban J connectivity index is 1.72. The van der Waals surface area contributed by atoms with Crippen molar-refractivity contribution in [3.05, 3.63) is 102 Å². The normalized spacial score (nSPS) is 11.0. The average molecular weight is 430 g/mol. The zero-order chi connectivity index (χ0) is 22.3. The predicted molar refractivity (Wildman–Crippen MR) is 104 cm³/mol. The number of phenolic OH excluding ortho intramolecular Hbond substituents is 1. The van der Waals surface area contributed by atoms with Gasteiger partial charge in [-0.25, -0.2) is 26.3 Å². The molecule has 1 N–H and O–H groups in total. The summed E-state index contributed by atoms with van der Waals surface area (Å²) in [4.78, 5) is 0. The second kappa shape index (κ2) is 7.83. The summed E-state index contributed by atoms with van der Waals surface area (Å²) < 4.78 is 83.9. The molecule has 31 heavy (non-hydrogen) atoms. The number of aromatic hydroxyl groups is 1. The largest absolute Gasteiger partial charge is 0.508 e. The molecular formula is C24H12F6O. The second-order valence-corrected chi connectivity index (χ2v) is 6.80. The van der Waals surface area contributed by atoms with Crippen LogP contribution < -0.4 is 0 Å². The van der Waals surface area contributed by atoms with Gasteiger partial charge in [-0.05, 0) is 41.0 Å². The molecule has 0 aromatic heterocycles. The van der Waals surface area contributed by atoms with Crippen molar-refractivity contribution in [3.8, 4) is 39.1 Å². The van der Waals surface area contributed by atoms with Crippen molar-refractivity contribution < 1.29 is 31.4 Å². The molecule has 7 heteroatoms. The fourth-order valence-electron chi connectivity index (χ4n) is 3.32. The van der Waals surface area contributed by atoms with Gasteiger partial charge in [-0.2, -0.15) is 0 Å². The molecule has 1 nitrogen and oxygen atoms in total. The molecular weight excluding hydrogens is 418 g/mol. The van der Waals surface area contributed by atoms with Gasteiger partial charge in [0.2, 0.25) is 0 Å². The summed E-state index contributed by atoms with van der Waals surface area (Å²) in [6.45, 7) is 0. The van der Waals surface area contributed by atoms with Crippen LogP contribution in [-0.4, -0.2) is 5.11 Å². The van der Waals surface area contributed by atoms with Crippen LogP contribution in [0.1, 0.15) is 0 Å². The van der Waals surface area contributed by atoms with E-state index in [0.717, 1.165) is 24.3 Å². The fourth-order valence-corrected chi connectivity index (χ4v) is 3.32. The Morgan fingerprint density at radius 1 is 0.419 bits per heavy atom. The van der Waals surface area contributed by atoms with E-state index in [-0.39, 0.29) is 27.8 Å². The molecule has 0 atom stereocenters. The van der Waals surface area contributed by atoms with E-state index in [1.54, 1.807) is 0 Å². The minimum atomic E-state index is -1.13. The minimum Gasteiger partial charge on any atom is -0.508 e. The van der Waals surface area contributed by atoms with Crippen molar-refractivity contribution in [1.29, 1.82) is 0 Å². The van der Waals surface area contributed by atoms with Crippen molar-refractivity contribution in [2.75, 3.05) is 0 Å². The first-order valence-electron chi connectivity index (χ1n) is 8.98. The van der Waals surface area contributed by atoms with Crippen molar-refractivity contribution in [3.63, 3.8) is 0 Å². The highest BCUT2D eigenvalue weighted by Gasteiger charge is 2.17. The summed E-state index contributed by atoms with van der Waals surface area (Å²) in [7, 11) is 0. The van der Waals surface area contributed by atoms with Crippen molar-refractivity contribution >= 4 is 0 Å². The second-order valence-electron chi connectivity index (χ2n) is 6.80. The molecule has 4 rings (SSSR count). The fraction of sp³-hybridized carbons (Fsp3) is 0. The topological polar surface area (TPSA) is 20.2 Å². The van der Waals surface area contributed by atoms with Gasteiger partial charge in [0.15, 0.2) is 11.6 Å². The predicted octanol–water partition coefficient (Wildman–Crippen LogP) is 7.23. The van der Waals surface area contributed by atoms with Crippen LogP contribution in [0.25, 0.3) is 33.4 Å². The van der Waals surface area contributed by atoms with Crippen molar-refractivity contribution in [1.82, 2.24) is 0 Å². The van der Waals surface area contributed by atoms with E-state index in [2.05, 4.69) is 0 Å². The van der Waals surface area contributed by atoms with Crippen LogP contribution in [0.5, 0.6) is 5.75 Å². The van der Waals surface area contributed by atoms with E-state index >= 15 is 0 Å². The average Bonchev–Trinajstić information content (AvgIpc) is 2.69. The smallest absolute Gasteiger partial charge is 0.159 e. The van der Waals surface area contributed by atoms with Crippen molar-refractivity contribution in [2.24, 2.45) is 0 Å². The summed E-state index contributed by atoms with van der Waals surface area (Å²) >= 11 is 0. The molecule has 0 saturated heterocycles. The summed E-state index contributed by atoms with van der Waals surface area (Å²) in [6.07, 6.45) is 0. The van der Waals surface area contributed by atoms with Crippen LogP contribution >= 0.6 is 0 Å². The lowest BCUT2D eigenvalue weighted by Gasteiger charge is -2.11. The molecule has 4 aromatic carbocycles. The van der Waals surface area contributed by atoms with E-state index in [1.165, 1.54) is 30.3 Å². The van der Waals surface area contributed by atoms with E-state index in [1.807, 2.05) is 0 Å². The Morgan fingerprint density at radius 3 is 1.39 bits per heavy atom. The summed E-state index contributed by atoms with van der Waals surface area (Å²) in [5.74, 6) is -6.57. The highest BCUT2D eigenvalue weighted by molar-refractivity contribution is 5.74. The number of rotatable bonds is 3. The minimum absolute atomic E-state index is 0.00656. The maximum atomic E-state index is 14.7. The Morgan fingerprint density at radius 2 is 0.871 bits per heavy atom. The summed E-state index contributed by atoms with van der Waals surface area (Å²) in [5, 5.41) is 9.24. The van der Waals surface area contributed by atoms with Gasteiger partial charge in [-0.15, -0.1) is 0 Å². The van der Waals surface area contributed by atoms with Gasteiger partial charge < -0.3 is 5.11 Å². The molecule has 4 aromatic rings. The monoisotopic (exact) mass is 430 g/mol. The molecule has 0 aliphatic carbocycles. The van der Waals surface area contributed by atoms with Gasteiger partial charge in [0.25, 0.3) is 0 Å². The highest BCUT2D eigenvalue weighted by atomic mass is 19.2. The molecule has 0 fully saturated rings. The number of benzene rings is 4. The third kappa shape index (κ3) is 3.86. The summed E-state index contributed by atoms with van der Waals surface area (Å²) in [5.41, 5.74) is -0.401. The number of halogens is 6. The standard InChI is InChI=1S/C24H12F6O/c25-18-6-3-13(8-21(18)28)16-4-1-12(7-19(16)26)17-5-2-14(9-20(17)27)24-22(29)10-15(31)11-23(24)30/h1-11,31H. The Hall–Kier alpha value is -3.74. The van der Waals surface area contributed by atoms with Gasteiger partial charge in [-0.3, -0.25) is 0 Å². The molecule has 0 unspecified atom stereocenters. The van der Waals surface area contributed by atoms with Crippen LogP contribution in [-0.2, 0) is 0 Å². The number of hydrogen-bond acceptors (Lipinski definition) is 1. The first-order valence-corrected chi connectivity index (χ1v) is 8.98. The van der Waals surface area contributed by atoms with Crippen LogP contribution in [0.2, 0.25) is 0 Å². The Kier molecular flexibility index (Phi) is 5.19. The van der Waals surface area contributed by atoms with E-state index in [9.17, 15) is 31.4 Å². The maximum absolute atomic E-state index is 14.7. The van der Waals surface area contributed by atoms with Crippen LogP contribution in [0.15, 0.2) is 66.7 Å². The van der Waals surface area contributed by atoms with Crippen LogP contribution in [0.4, 0.5) is 26.3 Å². The maximum Gasteiger partial charge on any atom is 0.159 e. The van der Waals surface area contributed by atoms with Gasteiger partial charge >= 0.3 is 0 Å². The van der Waals surface area contributed by atoms with Gasteiger partial charge in [0, 0.05) is 23.3 Å². The number of hydrogen-bond donors (Lipinski definition) is 1. The van der Waals surface area contributed by atoms with Crippen LogP contribution in [0, 0.1) is 34.9 Å². The van der Waals surface area contributed by atoms with Crippen LogP contribution in [0.3, 0.4) is 0 Å². The quantitative estimate of drug-likeness (QED) is 0.340. The first-order chi connectivity index (χ1) is 14.7. The summed E-state index contributed by atoms with van der Waals surface area (Å²) in [6, 6.07) is 11.5. The zero-order valence-corrected chi connectivity index (χ0v) is 15.6. The molecule has 0 saturated carbocycles. The van der Waals surface area contributed by atoms with Crippen molar-refractivity contribution in [2.45, 2.75) is 0 Å². The Bertz CT molecular complexity index is 1290. The third-order valence-corrected chi connectivity index (χ3v) is 4.80. The van der Waals surface area contributed by atoms with Gasteiger partial charge in [0.1, 0.15) is 29.0 Å². The zero-order valence-electron chi connectivity index (χ0n) is 15.6. The molecule has 0 radical (unpaired) electrons. The molecule has 0 aliphatic rings. The SMILES string of the molecule is Oc1cc(F)c(-c2ccc(-c3ccc(-c4ccc(F)c(F)c4)c(F)c3)c(F)c2)c(F)c1. The Labute approximate surface area is 172 Å². The third-order valence-electron chi connectivity index (χ3n) is 4.80.